The number of rotatable bonds is 2. The van der Waals surface area contributed by atoms with Gasteiger partial charge in [-0.25, -0.2) is 4.79 Å². The van der Waals surface area contributed by atoms with Gasteiger partial charge in [0, 0.05) is 9.30 Å². The average Bonchev–Trinajstić information content (AvgIpc) is 2.87. The van der Waals surface area contributed by atoms with E-state index in [2.05, 4.69) is 48.8 Å². The highest BCUT2D eigenvalue weighted by molar-refractivity contribution is 9.11. The van der Waals surface area contributed by atoms with Crippen LogP contribution in [-0.4, -0.2) is 9.97 Å². The van der Waals surface area contributed by atoms with Gasteiger partial charge in [-0.15, -0.1) is 0 Å². The van der Waals surface area contributed by atoms with Gasteiger partial charge in [-0.1, -0.05) is 38.8 Å². The normalized spacial score (nSPS) is 25.1. The van der Waals surface area contributed by atoms with Crippen LogP contribution < -0.4 is 5.69 Å². The Labute approximate surface area is 115 Å². The highest BCUT2D eigenvalue weighted by Gasteiger charge is 2.39. The van der Waals surface area contributed by atoms with Gasteiger partial charge in [-0.2, -0.15) is 0 Å². The van der Waals surface area contributed by atoms with E-state index in [-0.39, 0.29) is 5.69 Å². The fourth-order valence-electron chi connectivity index (χ4n) is 2.27. The van der Waals surface area contributed by atoms with E-state index in [9.17, 15) is 4.79 Å². The van der Waals surface area contributed by atoms with Crippen LogP contribution in [-0.2, 0) is 0 Å². The van der Waals surface area contributed by atoms with Crippen molar-refractivity contribution < 1.29 is 0 Å². The van der Waals surface area contributed by atoms with Gasteiger partial charge >= 0.3 is 5.69 Å². The van der Waals surface area contributed by atoms with Crippen molar-refractivity contribution in [2.24, 2.45) is 11.8 Å². The molecule has 2 N–H and O–H groups in total. The maximum Gasteiger partial charge on any atom is 0.323 e. The Bertz CT molecular complexity index is 631. The van der Waals surface area contributed by atoms with Crippen LogP contribution in [0.1, 0.15) is 23.7 Å². The number of nitrogens with one attached hydrogen (secondary N) is 2. The summed E-state index contributed by atoms with van der Waals surface area (Å²) >= 11 is 7.34. The first-order valence-corrected chi connectivity index (χ1v) is 7.32. The lowest BCUT2D eigenvalue weighted by Gasteiger charge is -2.11. The highest BCUT2D eigenvalue weighted by Crippen LogP contribution is 2.52. The van der Waals surface area contributed by atoms with E-state index in [4.69, 9.17) is 0 Å². The molecule has 1 saturated carbocycles. The van der Waals surface area contributed by atoms with Gasteiger partial charge in [0.25, 0.3) is 0 Å². The second kappa shape index (κ2) is 3.99. The Hall–Kier alpha value is -0.550. The van der Waals surface area contributed by atoms with Crippen molar-refractivity contribution in [2.45, 2.75) is 18.2 Å². The van der Waals surface area contributed by atoms with E-state index < -0.39 is 0 Å². The second-order valence-corrected chi connectivity index (χ2v) is 6.62. The fraction of sp³-hybridized carbons (Fsp3) is 0.417. The van der Waals surface area contributed by atoms with E-state index in [1.807, 2.05) is 12.1 Å². The Morgan fingerprint density at radius 2 is 1.94 bits per heavy atom. The molecule has 1 aliphatic carbocycles. The average molecular weight is 360 g/mol. The minimum atomic E-state index is -0.157. The third-order valence-corrected chi connectivity index (χ3v) is 5.34. The monoisotopic (exact) mass is 358 g/mol. The van der Waals surface area contributed by atoms with Gasteiger partial charge in [0.1, 0.15) is 0 Å². The Kier molecular flexibility index (Phi) is 2.70. The summed E-state index contributed by atoms with van der Waals surface area (Å²) in [6, 6.07) is 4.01. The van der Waals surface area contributed by atoms with Crippen LogP contribution in [0.15, 0.2) is 21.4 Å². The van der Waals surface area contributed by atoms with Crippen LogP contribution in [0.4, 0.5) is 0 Å². The molecule has 1 aliphatic rings. The van der Waals surface area contributed by atoms with Gasteiger partial charge < -0.3 is 9.97 Å². The third-order valence-electron chi connectivity index (χ3n) is 3.48. The highest BCUT2D eigenvalue weighted by atomic mass is 79.9. The molecule has 3 nitrogen and oxygen atoms in total. The number of hydrogen-bond acceptors (Lipinski definition) is 1. The summed E-state index contributed by atoms with van der Waals surface area (Å²) in [6.07, 6.45) is 1.27. The molecule has 90 valence electrons. The van der Waals surface area contributed by atoms with E-state index in [1.165, 1.54) is 12.0 Å². The first kappa shape index (κ1) is 11.5. The maximum absolute atomic E-state index is 11.2. The summed E-state index contributed by atoms with van der Waals surface area (Å²) < 4.78 is 1.04. The molecule has 0 aliphatic heterocycles. The van der Waals surface area contributed by atoms with Gasteiger partial charge in [-0.05, 0) is 36.0 Å². The summed E-state index contributed by atoms with van der Waals surface area (Å²) in [5, 5.41) is 0. The molecular formula is C12H12Br2N2O. The molecule has 1 heterocycles. The lowest BCUT2D eigenvalue weighted by Crippen LogP contribution is -1.99. The van der Waals surface area contributed by atoms with Crippen molar-refractivity contribution in [1.29, 1.82) is 0 Å². The first-order chi connectivity index (χ1) is 8.06. The van der Waals surface area contributed by atoms with E-state index in [0.29, 0.717) is 10.7 Å². The molecule has 0 amide bonds. The maximum atomic E-state index is 11.2. The van der Waals surface area contributed by atoms with E-state index in [0.717, 1.165) is 21.4 Å². The molecule has 3 rings (SSSR count). The van der Waals surface area contributed by atoms with Gasteiger partial charge in [0.15, 0.2) is 0 Å². The molecule has 2 aromatic rings. The zero-order valence-electron chi connectivity index (χ0n) is 9.26. The Morgan fingerprint density at radius 3 is 2.53 bits per heavy atom. The lowest BCUT2D eigenvalue weighted by molar-refractivity contribution is 0.739. The van der Waals surface area contributed by atoms with Crippen LogP contribution >= 0.6 is 31.9 Å². The Morgan fingerprint density at radius 1 is 1.35 bits per heavy atom. The number of benzene rings is 1. The van der Waals surface area contributed by atoms with Crippen molar-refractivity contribution in [3.63, 3.8) is 0 Å². The summed E-state index contributed by atoms with van der Waals surface area (Å²) in [5.74, 6) is 1.49. The summed E-state index contributed by atoms with van der Waals surface area (Å²) in [6.45, 7) is 2.27. The van der Waals surface area contributed by atoms with Crippen LogP contribution in [0, 0.1) is 11.8 Å². The van der Waals surface area contributed by atoms with Crippen molar-refractivity contribution in [3.05, 3.63) is 32.7 Å². The number of fused-ring (bicyclic) bond motifs is 1. The molecule has 3 unspecified atom stereocenters. The topological polar surface area (TPSA) is 48.6 Å². The summed E-state index contributed by atoms with van der Waals surface area (Å²) in [5.41, 5.74) is 2.76. The van der Waals surface area contributed by atoms with Crippen molar-refractivity contribution in [3.8, 4) is 0 Å². The van der Waals surface area contributed by atoms with Crippen LogP contribution in [0.5, 0.6) is 0 Å². The quantitative estimate of drug-likeness (QED) is 0.789. The first-order valence-electron chi connectivity index (χ1n) is 5.62. The predicted octanol–water partition coefficient (Wildman–Crippen LogP) is 3.71. The molecule has 0 radical (unpaired) electrons. The molecule has 0 saturated heterocycles. The van der Waals surface area contributed by atoms with Gasteiger partial charge in [-0.3, -0.25) is 0 Å². The third kappa shape index (κ3) is 1.99. The van der Waals surface area contributed by atoms with E-state index >= 15 is 0 Å². The SMILES string of the molecule is CC1CC1C(Br)c1cc2[nH]c(=O)[nH]c2cc1Br. The van der Waals surface area contributed by atoms with Gasteiger partial charge in [0.05, 0.1) is 11.0 Å². The fourth-order valence-corrected chi connectivity index (χ4v) is 4.29. The van der Waals surface area contributed by atoms with Crippen LogP contribution in [0.25, 0.3) is 11.0 Å². The van der Waals surface area contributed by atoms with Crippen molar-refractivity contribution in [2.75, 3.05) is 0 Å². The van der Waals surface area contributed by atoms with Crippen molar-refractivity contribution >= 4 is 42.9 Å². The van der Waals surface area contributed by atoms with Crippen LogP contribution in [0.2, 0.25) is 0 Å². The molecule has 17 heavy (non-hydrogen) atoms. The molecule has 1 fully saturated rings. The molecule has 3 atom stereocenters. The standard InChI is InChI=1S/C12H12Br2N2O/c1-5-2-6(5)11(14)7-3-9-10(4-8(7)13)16-12(17)15-9/h3-6,11H,2H2,1H3,(H2,15,16,17). The minimum Gasteiger partial charge on any atom is -0.306 e. The summed E-state index contributed by atoms with van der Waals surface area (Å²) in [4.78, 5) is 17.2. The molecular weight excluding hydrogens is 348 g/mol. The molecule has 0 spiro atoms. The predicted molar refractivity (Wildman–Crippen MR) is 75.6 cm³/mol. The zero-order chi connectivity index (χ0) is 12.2. The Balaban J connectivity index is 2.09. The number of halogens is 2. The number of H-pyrrole nitrogens is 2. The largest absolute Gasteiger partial charge is 0.323 e. The van der Waals surface area contributed by atoms with Gasteiger partial charge in [0.2, 0.25) is 0 Å². The number of aromatic nitrogens is 2. The molecule has 1 aromatic carbocycles. The van der Waals surface area contributed by atoms with E-state index in [1.54, 1.807) is 0 Å². The minimum absolute atomic E-state index is 0.157. The number of imidazole rings is 1. The lowest BCUT2D eigenvalue weighted by atomic mass is 10.1. The van der Waals surface area contributed by atoms with Crippen LogP contribution in [0.3, 0.4) is 0 Å². The number of hydrogen-bond donors (Lipinski definition) is 2. The summed E-state index contributed by atoms with van der Waals surface area (Å²) in [7, 11) is 0. The number of aromatic amines is 2. The second-order valence-electron chi connectivity index (χ2n) is 4.78. The molecule has 5 heteroatoms. The smallest absolute Gasteiger partial charge is 0.306 e. The zero-order valence-corrected chi connectivity index (χ0v) is 12.4. The molecule has 1 aromatic heterocycles. The molecule has 0 bridgehead atoms. The van der Waals surface area contributed by atoms with Crippen molar-refractivity contribution in [1.82, 2.24) is 9.97 Å². The number of alkyl halides is 1.